The second kappa shape index (κ2) is 6.70. The van der Waals surface area contributed by atoms with Crippen molar-refractivity contribution < 1.29 is 0 Å². The van der Waals surface area contributed by atoms with Gasteiger partial charge in [-0.15, -0.1) is 0 Å². The number of hydrogen-bond acceptors (Lipinski definition) is 3. The van der Waals surface area contributed by atoms with Crippen LogP contribution in [0.15, 0.2) is 55.4 Å². The first-order valence-electron chi connectivity index (χ1n) is 5.47. The normalized spacial score (nSPS) is 10.6. The molecule has 18 heavy (non-hydrogen) atoms. The van der Waals surface area contributed by atoms with Crippen LogP contribution in [0.4, 0.5) is 0 Å². The lowest BCUT2D eigenvalue weighted by molar-refractivity contribution is 0.960. The fourth-order valence-corrected chi connectivity index (χ4v) is 3.55. The van der Waals surface area contributed by atoms with E-state index in [-0.39, 0.29) is 0 Å². The Kier molecular flexibility index (Phi) is 5.24. The van der Waals surface area contributed by atoms with Gasteiger partial charge < -0.3 is 5.73 Å². The highest BCUT2D eigenvalue weighted by Crippen LogP contribution is 2.33. The number of pyridine rings is 1. The van der Waals surface area contributed by atoms with E-state index in [9.17, 15) is 0 Å². The maximum absolute atomic E-state index is 5.57. The Labute approximate surface area is 128 Å². The van der Waals surface area contributed by atoms with E-state index in [1.165, 1.54) is 5.56 Å². The predicted molar refractivity (Wildman–Crippen MR) is 83.0 cm³/mol. The molecule has 0 aliphatic carbocycles. The molecule has 0 bridgehead atoms. The number of rotatable bonds is 4. The summed E-state index contributed by atoms with van der Waals surface area (Å²) in [5.74, 6) is 0. The third-order valence-corrected chi connectivity index (χ3v) is 5.03. The fourth-order valence-electron chi connectivity index (χ4n) is 1.51. The second-order valence-electron chi connectivity index (χ2n) is 3.68. The molecule has 0 aliphatic heterocycles. The van der Waals surface area contributed by atoms with E-state index in [1.54, 1.807) is 18.0 Å². The molecule has 0 atom stereocenters. The molecule has 1 aromatic heterocycles. The molecular weight excluding hydrogens is 376 g/mol. The van der Waals surface area contributed by atoms with Gasteiger partial charge in [0.1, 0.15) is 5.03 Å². The van der Waals surface area contributed by atoms with Gasteiger partial charge in [-0.05, 0) is 58.7 Å². The summed E-state index contributed by atoms with van der Waals surface area (Å²) >= 11 is 8.71. The summed E-state index contributed by atoms with van der Waals surface area (Å²) in [6.07, 6.45) is 2.68. The smallest absolute Gasteiger partial charge is 0.115 e. The summed E-state index contributed by atoms with van der Waals surface area (Å²) in [5, 5.41) is 0.968. The quantitative estimate of drug-likeness (QED) is 0.851. The van der Waals surface area contributed by atoms with Crippen molar-refractivity contribution in [3.63, 3.8) is 0 Å². The third-order valence-electron chi connectivity index (χ3n) is 2.38. The topological polar surface area (TPSA) is 38.9 Å². The summed E-state index contributed by atoms with van der Waals surface area (Å²) in [4.78, 5) is 5.50. The van der Waals surface area contributed by atoms with E-state index in [1.807, 2.05) is 12.1 Å². The van der Waals surface area contributed by atoms with Gasteiger partial charge in [-0.1, -0.05) is 33.8 Å². The number of halogens is 2. The summed E-state index contributed by atoms with van der Waals surface area (Å²) < 4.78 is 2.11. The van der Waals surface area contributed by atoms with Crippen molar-refractivity contribution in [1.82, 2.24) is 4.98 Å². The average molecular weight is 388 g/mol. The van der Waals surface area contributed by atoms with Crippen LogP contribution in [-0.4, -0.2) is 11.5 Å². The number of benzene rings is 1. The zero-order valence-electron chi connectivity index (χ0n) is 9.57. The molecule has 0 saturated heterocycles. The molecule has 5 heteroatoms. The number of nitrogens with two attached hydrogens (primary N) is 1. The van der Waals surface area contributed by atoms with E-state index in [0.717, 1.165) is 25.3 Å². The van der Waals surface area contributed by atoms with Crippen LogP contribution in [0, 0.1) is 0 Å². The molecule has 0 spiro atoms. The van der Waals surface area contributed by atoms with E-state index >= 15 is 0 Å². The maximum atomic E-state index is 5.57. The molecule has 2 aromatic rings. The van der Waals surface area contributed by atoms with Crippen LogP contribution in [0.5, 0.6) is 0 Å². The Bertz CT molecular complexity index is 546. The first-order valence-corrected chi connectivity index (χ1v) is 7.88. The van der Waals surface area contributed by atoms with Crippen LogP contribution in [0.2, 0.25) is 0 Å². The van der Waals surface area contributed by atoms with Crippen molar-refractivity contribution in [2.75, 3.05) is 6.54 Å². The van der Waals surface area contributed by atoms with Crippen molar-refractivity contribution in [3.05, 3.63) is 51.0 Å². The van der Waals surface area contributed by atoms with Gasteiger partial charge in [0.25, 0.3) is 0 Å². The van der Waals surface area contributed by atoms with E-state index < -0.39 is 0 Å². The molecule has 2 N–H and O–H groups in total. The Hall–Kier alpha value is -0.360. The first-order chi connectivity index (χ1) is 8.70. The van der Waals surface area contributed by atoms with Crippen molar-refractivity contribution >= 4 is 43.6 Å². The van der Waals surface area contributed by atoms with Crippen LogP contribution in [-0.2, 0) is 6.42 Å². The van der Waals surface area contributed by atoms with Gasteiger partial charge in [0, 0.05) is 15.6 Å². The number of nitrogens with zero attached hydrogens (tertiary/aromatic N) is 1. The Morgan fingerprint density at radius 2 is 2.00 bits per heavy atom. The summed E-state index contributed by atoms with van der Waals surface area (Å²) in [5.41, 5.74) is 6.81. The Morgan fingerprint density at radius 3 is 2.67 bits per heavy atom. The molecule has 2 rings (SSSR count). The molecule has 0 aliphatic rings. The Balaban J connectivity index is 2.20. The molecule has 0 amide bonds. The lowest BCUT2D eigenvalue weighted by Gasteiger charge is -2.07. The summed E-state index contributed by atoms with van der Waals surface area (Å²) in [6, 6.07) is 10.2. The lowest BCUT2D eigenvalue weighted by Crippen LogP contribution is -2.03. The highest BCUT2D eigenvalue weighted by molar-refractivity contribution is 9.10. The van der Waals surface area contributed by atoms with Crippen molar-refractivity contribution in [1.29, 1.82) is 0 Å². The van der Waals surface area contributed by atoms with Gasteiger partial charge in [0.15, 0.2) is 0 Å². The Morgan fingerprint density at radius 1 is 1.17 bits per heavy atom. The molecular formula is C13H12Br2N2S. The minimum atomic E-state index is 0.664. The van der Waals surface area contributed by atoms with Gasteiger partial charge in [0.2, 0.25) is 0 Å². The van der Waals surface area contributed by atoms with Gasteiger partial charge >= 0.3 is 0 Å². The number of aromatic nitrogens is 1. The fraction of sp³-hybridized carbons (Fsp3) is 0.154. The van der Waals surface area contributed by atoms with Crippen molar-refractivity contribution in [3.8, 4) is 0 Å². The van der Waals surface area contributed by atoms with Gasteiger partial charge in [-0.3, -0.25) is 0 Å². The molecule has 0 unspecified atom stereocenters. The zero-order chi connectivity index (χ0) is 13.0. The van der Waals surface area contributed by atoms with Gasteiger partial charge in [-0.25, -0.2) is 4.98 Å². The average Bonchev–Trinajstić information content (AvgIpc) is 2.36. The predicted octanol–water partition coefficient (Wildman–Crippen LogP) is 4.26. The van der Waals surface area contributed by atoms with E-state index in [0.29, 0.717) is 6.54 Å². The molecule has 1 heterocycles. The molecule has 2 nitrogen and oxygen atoms in total. The molecule has 0 saturated carbocycles. The largest absolute Gasteiger partial charge is 0.330 e. The summed E-state index contributed by atoms with van der Waals surface area (Å²) in [7, 11) is 0. The highest BCUT2D eigenvalue weighted by Gasteiger charge is 2.05. The van der Waals surface area contributed by atoms with Crippen LogP contribution >= 0.6 is 43.6 Å². The second-order valence-corrected chi connectivity index (χ2v) is 6.46. The van der Waals surface area contributed by atoms with Crippen LogP contribution in [0.3, 0.4) is 0 Å². The highest BCUT2D eigenvalue weighted by atomic mass is 79.9. The molecule has 94 valence electrons. The van der Waals surface area contributed by atoms with Crippen LogP contribution in [0.25, 0.3) is 0 Å². The first kappa shape index (κ1) is 14.1. The van der Waals surface area contributed by atoms with Gasteiger partial charge in [0.05, 0.1) is 4.47 Å². The molecule has 0 fully saturated rings. The van der Waals surface area contributed by atoms with E-state index in [4.69, 9.17) is 5.73 Å². The summed E-state index contributed by atoms with van der Waals surface area (Å²) in [6.45, 7) is 0.664. The zero-order valence-corrected chi connectivity index (χ0v) is 13.6. The SMILES string of the molecule is NCCc1ccc(Sc2ncccc2Br)cc1Br. The third kappa shape index (κ3) is 3.57. The number of hydrogen-bond donors (Lipinski definition) is 1. The molecule has 0 radical (unpaired) electrons. The maximum Gasteiger partial charge on any atom is 0.115 e. The lowest BCUT2D eigenvalue weighted by atomic mass is 10.1. The minimum absolute atomic E-state index is 0.664. The standard InChI is InChI=1S/C13H12Br2N2S/c14-11-2-1-7-17-13(11)18-10-4-3-9(5-6-16)12(15)8-10/h1-4,7-8H,5-6,16H2. The monoisotopic (exact) mass is 386 g/mol. The molecule has 1 aromatic carbocycles. The van der Waals surface area contributed by atoms with Crippen molar-refractivity contribution in [2.45, 2.75) is 16.3 Å². The van der Waals surface area contributed by atoms with E-state index in [2.05, 4.69) is 55.0 Å². The van der Waals surface area contributed by atoms with Crippen molar-refractivity contribution in [2.24, 2.45) is 5.73 Å². The van der Waals surface area contributed by atoms with Crippen LogP contribution < -0.4 is 5.73 Å². The van der Waals surface area contributed by atoms with Gasteiger partial charge in [-0.2, -0.15) is 0 Å². The van der Waals surface area contributed by atoms with Crippen LogP contribution in [0.1, 0.15) is 5.56 Å². The minimum Gasteiger partial charge on any atom is -0.330 e.